The van der Waals surface area contributed by atoms with Crippen molar-refractivity contribution in [3.05, 3.63) is 105 Å². The average Bonchev–Trinajstić information content (AvgIpc) is 3.33. The third kappa shape index (κ3) is 3.86. The quantitative estimate of drug-likeness (QED) is 0.0890. The molecule has 0 atom stereocenters. The monoisotopic (exact) mass is 673 g/mol. The van der Waals surface area contributed by atoms with Crippen molar-refractivity contribution in [3.63, 3.8) is 0 Å². The predicted molar refractivity (Wildman–Crippen MR) is 150 cm³/mol. The Morgan fingerprint density at radius 1 is 0.511 bits per heavy atom. The maximum absolute atomic E-state index is 15.4. The minimum absolute atomic E-state index is 0.101. The van der Waals surface area contributed by atoms with Gasteiger partial charge >= 0.3 is 0 Å². The Balaban J connectivity index is 1.54. The van der Waals surface area contributed by atoms with Crippen LogP contribution in [0.3, 0.4) is 0 Å². The first-order chi connectivity index (χ1) is 21.7. The van der Waals surface area contributed by atoms with Gasteiger partial charge in [-0.2, -0.15) is 8.97 Å². The molecule has 0 radical (unpaired) electrons. The van der Waals surface area contributed by atoms with E-state index in [1.165, 1.54) is 60.0 Å². The molecule has 0 N–H and O–H groups in total. The van der Waals surface area contributed by atoms with Gasteiger partial charge in [-0.05, 0) is 19.9 Å². The van der Waals surface area contributed by atoms with Crippen LogP contribution in [-0.2, 0) is 10.8 Å². The van der Waals surface area contributed by atoms with E-state index in [1.54, 1.807) is 0 Å². The lowest BCUT2D eigenvalue weighted by atomic mass is 9.78. The van der Waals surface area contributed by atoms with Crippen molar-refractivity contribution in [2.24, 2.45) is 0 Å². The second-order valence-electron chi connectivity index (χ2n) is 12.4. The van der Waals surface area contributed by atoms with E-state index in [0.717, 1.165) is 9.48 Å². The van der Waals surface area contributed by atoms with Gasteiger partial charge in [0.15, 0.2) is 69.7 Å². The van der Waals surface area contributed by atoms with Crippen LogP contribution in [0.25, 0.3) is 21.5 Å². The normalized spacial score (nSPS) is 17.7. The van der Waals surface area contributed by atoms with E-state index in [1.807, 2.05) is 0 Å². The van der Waals surface area contributed by atoms with Gasteiger partial charge in [0, 0.05) is 40.6 Å². The maximum atomic E-state index is 15.4. The van der Waals surface area contributed by atoms with E-state index in [-0.39, 0.29) is 11.4 Å². The van der Waals surface area contributed by atoms with Crippen molar-refractivity contribution in [1.29, 1.82) is 0 Å². The zero-order valence-corrected chi connectivity index (χ0v) is 25.2. The Morgan fingerprint density at radius 3 is 1.40 bits per heavy atom. The van der Waals surface area contributed by atoms with E-state index in [4.69, 9.17) is 0 Å². The predicted octanol–water partition coefficient (Wildman–Crippen LogP) is 9.54. The van der Waals surface area contributed by atoms with Crippen molar-refractivity contribution in [1.82, 2.24) is 0 Å². The topological polar surface area (TPSA) is 6.25 Å². The summed E-state index contributed by atoms with van der Waals surface area (Å²) in [4.78, 5) is 1.08. The standard InChI is InChI=1S/C33H21F12N2/c1-32(2)10(46(5)30-16(32)12-14(22(38)28(30)44)20(36)26(42)24(40)18(12)34)8-7-9-11-33(3,4)17-13-15(21(37)27(43)25(41)19(13)35)23(39)29(45)31(17)47(11)6/h7-9H,1-6H3/q+1. The Hall–Kier alpha value is -4.49. The number of hydrogen-bond acceptors (Lipinski definition) is 1. The Labute approximate surface area is 258 Å². The molecule has 0 fully saturated rings. The van der Waals surface area contributed by atoms with Gasteiger partial charge in [-0.3, -0.25) is 0 Å². The van der Waals surface area contributed by atoms with Crippen LogP contribution in [0.4, 0.5) is 64.1 Å². The van der Waals surface area contributed by atoms with Gasteiger partial charge < -0.3 is 4.90 Å². The van der Waals surface area contributed by atoms with Crippen LogP contribution in [0.15, 0.2) is 23.9 Å². The number of anilines is 1. The number of likely N-dealkylation sites (N-methyl/N-ethyl adjacent to an activating group) is 1. The fourth-order valence-corrected chi connectivity index (χ4v) is 7.08. The summed E-state index contributed by atoms with van der Waals surface area (Å²) < 4.78 is 178. The second-order valence-corrected chi connectivity index (χ2v) is 12.4. The highest BCUT2D eigenvalue weighted by atomic mass is 19.2. The van der Waals surface area contributed by atoms with E-state index < -0.39 is 125 Å². The summed E-state index contributed by atoms with van der Waals surface area (Å²) in [5.74, 6) is -24.4. The summed E-state index contributed by atoms with van der Waals surface area (Å²) in [7, 11) is 2.50. The molecule has 0 saturated carbocycles. The van der Waals surface area contributed by atoms with Gasteiger partial charge in [0.25, 0.3) is 0 Å². The number of allylic oxidation sites excluding steroid dienone is 4. The lowest BCUT2D eigenvalue weighted by Gasteiger charge is -2.24. The third-order valence-corrected chi connectivity index (χ3v) is 9.18. The largest absolute Gasteiger partial charge is 0.345 e. The third-order valence-electron chi connectivity index (χ3n) is 9.18. The lowest BCUT2D eigenvalue weighted by Crippen LogP contribution is -2.27. The molecule has 0 saturated heterocycles. The average molecular weight is 674 g/mol. The summed E-state index contributed by atoms with van der Waals surface area (Å²) in [5, 5.41) is -4.85. The number of benzene rings is 4. The van der Waals surface area contributed by atoms with Crippen LogP contribution in [-0.4, -0.2) is 24.4 Å². The molecule has 0 unspecified atom stereocenters. The molecule has 2 heterocycles. The number of hydrogen-bond donors (Lipinski definition) is 0. The summed E-state index contributed by atoms with van der Waals surface area (Å²) in [6.07, 6.45) is 3.91. The maximum Gasteiger partial charge on any atom is 0.249 e. The van der Waals surface area contributed by atoms with Crippen LogP contribution in [0.5, 0.6) is 0 Å². The highest BCUT2D eigenvalue weighted by molar-refractivity contribution is 6.08. The second kappa shape index (κ2) is 10.0. The SMILES string of the molecule is CN1/C(=C\C=C/C2=[N+](C)c3c(F)c(F)c4c(F)c(F)c(F)c(F)c4c3C2(C)C)C(C)(C)c2c1c(F)c(F)c1c(F)c(F)c(F)c(F)c21. The van der Waals surface area contributed by atoms with Gasteiger partial charge in [-0.25, -0.2) is 48.3 Å². The van der Waals surface area contributed by atoms with Gasteiger partial charge in [-0.1, -0.05) is 19.9 Å². The van der Waals surface area contributed by atoms with E-state index in [9.17, 15) is 26.3 Å². The van der Waals surface area contributed by atoms with Gasteiger partial charge in [0.05, 0.1) is 27.4 Å². The molecule has 2 aliphatic rings. The number of halogens is 12. The Kier molecular flexibility index (Phi) is 6.91. The molecule has 47 heavy (non-hydrogen) atoms. The van der Waals surface area contributed by atoms with Gasteiger partial charge in [0.1, 0.15) is 7.05 Å². The molecule has 2 nitrogen and oxygen atoms in total. The van der Waals surface area contributed by atoms with E-state index in [0.29, 0.717) is 0 Å². The molecule has 14 heteroatoms. The minimum Gasteiger partial charge on any atom is -0.345 e. The highest BCUT2D eigenvalue weighted by Gasteiger charge is 2.50. The minimum atomic E-state index is -2.32. The van der Waals surface area contributed by atoms with Crippen molar-refractivity contribution < 1.29 is 57.3 Å². The lowest BCUT2D eigenvalue weighted by molar-refractivity contribution is -0.404. The highest BCUT2D eigenvalue weighted by Crippen LogP contribution is 2.54. The molecule has 0 aromatic heterocycles. The van der Waals surface area contributed by atoms with Crippen LogP contribution in [0.1, 0.15) is 38.8 Å². The van der Waals surface area contributed by atoms with Crippen LogP contribution in [0, 0.1) is 69.8 Å². The zero-order valence-electron chi connectivity index (χ0n) is 25.2. The van der Waals surface area contributed by atoms with E-state index in [2.05, 4.69) is 0 Å². The fraction of sp³-hybridized carbons (Fsp3) is 0.242. The van der Waals surface area contributed by atoms with Crippen molar-refractivity contribution in [2.45, 2.75) is 38.5 Å². The molecule has 0 bridgehead atoms. The van der Waals surface area contributed by atoms with Crippen LogP contribution >= 0.6 is 0 Å². The van der Waals surface area contributed by atoms with Crippen LogP contribution in [0.2, 0.25) is 0 Å². The molecule has 6 rings (SSSR count). The van der Waals surface area contributed by atoms with Crippen LogP contribution < -0.4 is 4.90 Å². The molecule has 0 amide bonds. The summed E-state index contributed by atoms with van der Waals surface area (Å²) in [6.45, 7) is 5.59. The molecule has 0 spiro atoms. The molecular weight excluding hydrogens is 652 g/mol. The van der Waals surface area contributed by atoms with Gasteiger partial charge in [0.2, 0.25) is 11.5 Å². The Bertz CT molecular complexity index is 2250. The number of fused-ring (bicyclic) bond motifs is 6. The van der Waals surface area contributed by atoms with E-state index >= 15 is 26.3 Å². The first-order valence-electron chi connectivity index (χ1n) is 13.8. The Morgan fingerprint density at radius 2 is 0.915 bits per heavy atom. The summed E-state index contributed by atoms with van der Waals surface area (Å²) in [5.41, 5.74) is -4.78. The fourth-order valence-electron chi connectivity index (χ4n) is 7.08. The molecule has 0 aliphatic carbocycles. The van der Waals surface area contributed by atoms with Crippen molar-refractivity contribution in [3.8, 4) is 0 Å². The van der Waals surface area contributed by atoms with Crippen molar-refractivity contribution >= 4 is 38.6 Å². The summed E-state index contributed by atoms with van der Waals surface area (Å²) in [6, 6.07) is 0. The molecule has 4 aromatic carbocycles. The number of rotatable bonds is 2. The van der Waals surface area contributed by atoms with Crippen molar-refractivity contribution in [2.75, 3.05) is 19.0 Å². The molecule has 2 aliphatic heterocycles. The summed E-state index contributed by atoms with van der Waals surface area (Å²) >= 11 is 0. The molecule has 246 valence electrons. The molecular formula is C33H21F12N2+. The zero-order chi connectivity index (χ0) is 35.0. The number of nitrogens with zero attached hydrogens (tertiary/aromatic N) is 2. The van der Waals surface area contributed by atoms with Gasteiger partial charge in [-0.15, -0.1) is 0 Å². The molecule has 4 aromatic rings. The first-order valence-corrected chi connectivity index (χ1v) is 13.8. The first kappa shape index (κ1) is 32.5. The smallest absolute Gasteiger partial charge is 0.249 e.